The summed E-state index contributed by atoms with van der Waals surface area (Å²) >= 11 is 0. The Kier molecular flexibility index (Phi) is 5.49. The predicted molar refractivity (Wildman–Crippen MR) is 102 cm³/mol. The summed E-state index contributed by atoms with van der Waals surface area (Å²) in [4.78, 5) is 21.2. The topological polar surface area (TPSA) is 36.4 Å². The number of carbonyl (C=O) groups is 1. The van der Waals surface area contributed by atoms with Crippen LogP contribution >= 0.6 is 0 Å². The first-order chi connectivity index (χ1) is 12.0. The van der Waals surface area contributed by atoms with Crippen molar-refractivity contribution in [1.29, 1.82) is 0 Å². The molecule has 0 N–H and O–H groups in total. The van der Waals surface area contributed by atoms with E-state index in [1.807, 2.05) is 23.9 Å². The maximum atomic E-state index is 12.4. The number of aryl methyl sites for hydroxylation is 1. The van der Waals surface area contributed by atoms with Gasteiger partial charge in [0.25, 0.3) is 0 Å². The highest BCUT2D eigenvalue weighted by Gasteiger charge is 2.25. The van der Waals surface area contributed by atoms with Crippen LogP contribution in [0.4, 0.5) is 0 Å². The highest BCUT2D eigenvalue weighted by Crippen LogP contribution is 2.28. The van der Waals surface area contributed by atoms with E-state index in [0.717, 1.165) is 42.9 Å². The molecule has 1 amide bonds. The van der Waals surface area contributed by atoms with E-state index in [1.54, 1.807) is 0 Å². The van der Waals surface area contributed by atoms with Gasteiger partial charge in [0.15, 0.2) is 0 Å². The number of pyridine rings is 1. The predicted octanol–water partition coefficient (Wildman–Crippen LogP) is 3.32. The van der Waals surface area contributed by atoms with E-state index in [0.29, 0.717) is 12.5 Å². The fourth-order valence-electron chi connectivity index (χ4n) is 3.46. The fourth-order valence-corrected chi connectivity index (χ4v) is 3.46. The Morgan fingerprint density at radius 3 is 2.80 bits per heavy atom. The molecule has 2 heterocycles. The molecule has 1 aromatic carbocycles. The number of benzene rings is 1. The lowest BCUT2D eigenvalue weighted by Gasteiger charge is -2.33. The minimum Gasteiger partial charge on any atom is -0.341 e. The highest BCUT2D eigenvalue weighted by molar-refractivity contribution is 5.78. The number of likely N-dealkylation sites (N-methyl/N-ethyl adjacent to an activating group) is 1. The third-order valence-corrected chi connectivity index (χ3v) is 4.73. The largest absolute Gasteiger partial charge is 0.341 e. The minimum atomic E-state index is 0.213. The van der Waals surface area contributed by atoms with Crippen molar-refractivity contribution < 1.29 is 4.79 Å². The van der Waals surface area contributed by atoms with Gasteiger partial charge in [-0.25, -0.2) is 0 Å². The number of rotatable bonds is 4. The van der Waals surface area contributed by atoms with Crippen LogP contribution in [-0.4, -0.2) is 54.4 Å². The molecule has 4 nitrogen and oxygen atoms in total. The van der Waals surface area contributed by atoms with E-state index < -0.39 is 0 Å². The molecule has 1 atom stereocenters. The molecule has 3 rings (SSSR count). The first kappa shape index (κ1) is 17.6. The normalized spacial score (nSPS) is 17.8. The Hall–Kier alpha value is -2.20. The smallest absolute Gasteiger partial charge is 0.236 e. The number of likely N-dealkylation sites (tertiary alicyclic amines) is 1. The van der Waals surface area contributed by atoms with Crippen LogP contribution in [0.3, 0.4) is 0 Å². The zero-order chi connectivity index (χ0) is 17.8. The number of carbonyl (C=O) groups excluding carboxylic acids is 1. The molecule has 2 aromatic rings. The van der Waals surface area contributed by atoms with Gasteiger partial charge in [0.2, 0.25) is 5.91 Å². The molecule has 0 spiro atoms. The molecule has 4 heteroatoms. The molecule has 1 aromatic heterocycles. The van der Waals surface area contributed by atoms with Gasteiger partial charge in [0.05, 0.1) is 12.2 Å². The molecule has 1 aliphatic heterocycles. The Morgan fingerprint density at radius 1 is 1.24 bits per heavy atom. The average molecular weight is 337 g/mol. The molecular formula is C21H27N3O. The first-order valence-electron chi connectivity index (χ1n) is 8.99. The molecule has 1 fully saturated rings. The van der Waals surface area contributed by atoms with Gasteiger partial charge in [0.1, 0.15) is 0 Å². The number of piperidine rings is 1. The van der Waals surface area contributed by atoms with Crippen molar-refractivity contribution >= 4 is 5.91 Å². The number of aromatic nitrogens is 1. The maximum Gasteiger partial charge on any atom is 0.236 e. The molecule has 132 valence electrons. The lowest BCUT2D eigenvalue weighted by atomic mass is 9.93. The summed E-state index contributed by atoms with van der Waals surface area (Å²) in [7, 11) is 3.87. The molecule has 0 aliphatic carbocycles. The van der Waals surface area contributed by atoms with Gasteiger partial charge in [-0.2, -0.15) is 0 Å². The van der Waals surface area contributed by atoms with E-state index in [2.05, 4.69) is 49.4 Å². The zero-order valence-electron chi connectivity index (χ0n) is 15.4. The third kappa shape index (κ3) is 4.45. The minimum absolute atomic E-state index is 0.213. The summed E-state index contributed by atoms with van der Waals surface area (Å²) in [6.45, 7) is 4.21. The van der Waals surface area contributed by atoms with Crippen molar-refractivity contribution in [3.05, 3.63) is 53.7 Å². The summed E-state index contributed by atoms with van der Waals surface area (Å²) in [5.41, 5.74) is 4.50. The average Bonchev–Trinajstić information content (AvgIpc) is 2.61. The Bertz CT molecular complexity index is 741. The monoisotopic (exact) mass is 337 g/mol. The van der Waals surface area contributed by atoms with E-state index >= 15 is 0 Å². The van der Waals surface area contributed by atoms with Crippen LogP contribution in [0.15, 0.2) is 42.5 Å². The first-order valence-corrected chi connectivity index (χ1v) is 8.99. The molecular weight excluding hydrogens is 310 g/mol. The molecule has 0 unspecified atom stereocenters. The van der Waals surface area contributed by atoms with E-state index in [-0.39, 0.29) is 5.91 Å². The van der Waals surface area contributed by atoms with Crippen LogP contribution in [0, 0.1) is 6.92 Å². The summed E-state index contributed by atoms with van der Waals surface area (Å²) in [5.74, 6) is 0.536. The molecule has 0 bridgehead atoms. The summed E-state index contributed by atoms with van der Waals surface area (Å²) in [6.07, 6.45) is 2.14. The van der Waals surface area contributed by atoms with Crippen LogP contribution in [0.5, 0.6) is 0 Å². The van der Waals surface area contributed by atoms with Gasteiger partial charge in [0, 0.05) is 30.3 Å². The standard InChI is InChI=1S/C21H27N3O/c1-16-7-4-8-17(13-16)19-10-5-11-20(22-19)18-9-6-12-24(14-18)21(25)15-23(2)3/h4-5,7-8,10-11,13,18H,6,9,12,14-15H2,1-3H3/t18-/m0/s1. The fraction of sp³-hybridized carbons (Fsp3) is 0.429. The molecule has 0 radical (unpaired) electrons. The zero-order valence-corrected chi connectivity index (χ0v) is 15.4. The Balaban J connectivity index is 1.77. The van der Waals surface area contributed by atoms with Crippen LogP contribution in [-0.2, 0) is 4.79 Å². The van der Waals surface area contributed by atoms with Crippen molar-refractivity contribution in [2.45, 2.75) is 25.7 Å². The molecule has 25 heavy (non-hydrogen) atoms. The number of hydrogen-bond acceptors (Lipinski definition) is 3. The summed E-state index contributed by atoms with van der Waals surface area (Å²) in [6, 6.07) is 14.7. The quantitative estimate of drug-likeness (QED) is 0.859. The van der Waals surface area contributed by atoms with Gasteiger partial charge in [-0.15, -0.1) is 0 Å². The molecule has 0 saturated carbocycles. The van der Waals surface area contributed by atoms with Crippen molar-refractivity contribution in [2.24, 2.45) is 0 Å². The number of amides is 1. The van der Waals surface area contributed by atoms with Crippen molar-refractivity contribution in [3.8, 4) is 11.3 Å². The van der Waals surface area contributed by atoms with Crippen LogP contribution in [0.25, 0.3) is 11.3 Å². The van der Waals surface area contributed by atoms with Gasteiger partial charge in [-0.3, -0.25) is 9.78 Å². The molecule has 1 aliphatic rings. The Labute approximate surface area is 150 Å². The second kappa shape index (κ2) is 7.79. The van der Waals surface area contributed by atoms with E-state index in [1.165, 1.54) is 5.56 Å². The van der Waals surface area contributed by atoms with Gasteiger partial charge in [-0.05, 0) is 52.1 Å². The lowest BCUT2D eigenvalue weighted by molar-refractivity contribution is -0.133. The van der Waals surface area contributed by atoms with Gasteiger partial charge in [-0.1, -0.05) is 29.8 Å². The highest BCUT2D eigenvalue weighted by atomic mass is 16.2. The van der Waals surface area contributed by atoms with E-state index in [4.69, 9.17) is 4.98 Å². The van der Waals surface area contributed by atoms with Crippen molar-refractivity contribution in [2.75, 3.05) is 33.7 Å². The van der Waals surface area contributed by atoms with Crippen molar-refractivity contribution in [3.63, 3.8) is 0 Å². The lowest BCUT2D eigenvalue weighted by Crippen LogP contribution is -2.43. The maximum absolute atomic E-state index is 12.4. The second-order valence-electron chi connectivity index (χ2n) is 7.23. The van der Waals surface area contributed by atoms with Crippen LogP contribution < -0.4 is 0 Å². The second-order valence-corrected chi connectivity index (χ2v) is 7.23. The summed E-state index contributed by atoms with van der Waals surface area (Å²) < 4.78 is 0. The van der Waals surface area contributed by atoms with Gasteiger partial charge >= 0.3 is 0 Å². The number of hydrogen-bond donors (Lipinski definition) is 0. The van der Waals surface area contributed by atoms with Gasteiger partial charge < -0.3 is 9.80 Å². The summed E-state index contributed by atoms with van der Waals surface area (Å²) in [5, 5.41) is 0. The SMILES string of the molecule is Cc1cccc(-c2cccc([C@H]3CCCN(C(=O)CN(C)C)C3)n2)c1. The Morgan fingerprint density at radius 2 is 2.04 bits per heavy atom. The molecule has 1 saturated heterocycles. The van der Waals surface area contributed by atoms with Crippen LogP contribution in [0.1, 0.15) is 30.0 Å². The third-order valence-electron chi connectivity index (χ3n) is 4.73. The van der Waals surface area contributed by atoms with Crippen LogP contribution in [0.2, 0.25) is 0 Å². The number of nitrogens with zero attached hydrogens (tertiary/aromatic N) is 3. The van der Waals surface area contributed by atoms with E-state index in [9.17, 15) is 4.79 Å². The van der Waals surface area contributed by atoms with Crippen molar-refractivity contribution in [1.82, 2.24) is 14.8 Å².